The maximum atomic E-state index is 14.6. The number of aryl methyl sites for hydroxylation is 3. The number of hydrogen-bond donors (Lipinski definition) is 1. The molecule has 440 valence electrons. The fourth-order valence-corrected chi connectivity index (χ4v) is 9.30. The maximum absolute atomic E-state index is 14.6. The zero-order chi connectivity index (χ0) is 59.7. The second-order valence-corrected chi connectivity index (χ2v) is 20.6. The van der Waals surface area contributed by atoms with Gasteiger partial charge >= 0.3 is 41.9 Å². The third-order valence-electron chi connectivity index (χ3n) is 13.6. The zero-order valence-corrected chi connectivity index (χ0v) is 47.6. The number of esters is 6. The van der Waals surface area contributed by atoms with Crippen LogP contribution >= 0.6 is 23.2 Å². The molecular weight excluding hydrogens is 1130 g/mol. The van der Waals surface area contributed by atoms with Crippen molar-refractivity contribution < 1.29 is 85.7 Å². The standard InChI is InChI=1S/C63H61Cl2NO18/c1-37-21-14-17-30-44(37)57(69)75-36-47-49(84-62-53(83-59(71)46-32-19-16-23-39(46)3)50(48(40(4)77-62)79-60(72)54(64)65)81-58(70)45-31-18-15-22-38(45)2)51(80-55(67)42-26-10-6-11-27-42)52(82-56(68)43-28-12-7-13-29-43)61(78-47)74-34-20-33-66-63(73)76-35-41-24-8-5-9-25-41/h5-19,21-32,40,47-54,61-62H,20,33-36H2,1-4H3,(H,66,73)/t40-,47+,48-,49+,50+,51-,52+,53+,61+,62-/m0/s1. The monoisotopic (exact) mass is 1190 g/mol. The third-order valence-corrected chi connectivity index (χ3v) is 13.9. The minimum atomic E-state index is -1.92. The smallest absolute Gasteiger partial charge is 0.407 e. The molecule has 10 atom stereocenters. The van der Waals surface area contributed by atoms with Gasteiger partial charge in [-0.2, -0.15) is 0 Å². The Morgan fingerprint density at radius 2 is 0.940 bits per heavy atom. The number of halogens is 2. The minimum Gasteiger partial charge on any atom is -0.459 e. The van der Waals surface area contributed by atoms with E-state index in [2.05, 4.69) is 5.32 Å². The summed E-state index contributed by atoms with van der Waals surface area (Å²) in [6.07, 6.45) is -17.7. The molecule has 1 amide bonds. The van der Waals surface area contributed by atoms with Crippen molar-refractivity contribution in [3.05, 3.63) is 214 Å². The first-order chi connectivity index (χ1) is 40.6. The number of nitrogens with one attached hydrogen (secondary N) is 1. The number of alkyl halides is 2. The lowest BCUT2D eigenvalue weighted by Gasteiger charge is -2.48. The fraction of sp³-hybridized carbons (Fsp3) is 0.317. The molecule has 0 spiro atoms. The first-order valence-electron chi connectivity index (χ1n) is 26.9. The molecule has 0 aliphatic carbocycles. The number of amides is 1. The van der Waals surface area contributed by atoms with Crippen LogP contribution in [0.2, 0.25) is 0 Å². The van der Waals surface area contributed by atoms with Gasteiger partial charge in [-0.05, 0) is 98.8 Å². The van der Waals surface area contributed by atoms with Crippen molar-refractivity contribution in [2.24, 2.45) is 0 Å². The second kappa shape index (κ2) is 29.9. The molecule has 0 saturated carbocycles. The molecular formula is C63H61Cl2NO18. The van der Waals surface area contributed by atoms with E-state index in [1.165, 1.54) is 43.3 Å². The van der Waals surface area contributed by atoms with Crippen LogP contribution in [0.3, 0.4) is 0 Å². The summed E-state index contributed by atoms with van der Waals surface area (Å²) in [6.45, 7) is 5.66. The van der Waals surface area contributed by atoms with E-state index in [4.69, 9.17) is 75.3 Å². The van der Waals surface area contributed by atoms with Crippen molar-refractivity contribution in [1.29, 1.82) is 0 Å². The number of benzene rings is 6. The summed E-state index contributed by atoms with van der Waals surface area (Å²) in [5.41, 5.74) is 2.77. The van der Waals surface area contributed by atoms with Gasteiger partial charge in [-0.15, -0.1) is 0 Å². The van der Waals surface area contributed by atoms with E-state index in [-0.39, 0.29) is 54.0 Å². The highest BCUT2D eigenvalue weighted by Crippen LogP contribution is 2.37. The SMILES string of the molecule is Cc1ccccc1C(=O)OC[C@H]1O[C@@H](OCCCNC(=O)OCc2ccccc2)[C@H](OC(=O)c2ccccc2)[C@@H](OC(=O)c2ccccc2)[C@@H]1O[C@@H]1O[C@@H](C)[C@H](OC(=O)C(Cl)Cl)[C@@H](OC(=O)c2ccccc2C)[C@H]1OC(=O)c1ccccc1C. The van der Waals surface area contributed by atoms with Crippen LogP contribution in [0.1, 0.15) is 87.4 Å². The van der Waals surface area contributed by atoms with Crippen LogP contribution < -0.4 is 5.32 Å². The van der Waals surface area contributed by atoms with Gasteiger partial charge in [0.2, 0.25) is 4.84 Å². The Morgan fingerprint density at radius 3 is 1.48 bits per heavy atom. The highest BCUT2D eigenvalue weighted by molar-refractivity contribution is 6.52. The van der Waals surface area contributed by atoms with E-state index in [0.29, 0.717) is 16.7 Å². The Balaban J connectivity index is 1.22. The molecule has 6 aromatic carbocycles. The van der Waals surface area contributed by atoms with Gasteiger partial charge in [-0.1, -0.05) is 145 Å². The van der Waals surface area contributed by atoms with Crippen molar-refractivity contribution in [3.63, 3.8) is 0 Å². The van der Waals surface area contributed by atoms with Gasteiger partial charge in [0.15, 0.2) is 43.1 Å². The van der Waals surface area contributed by atoms with Gasteiger partial charge in [-0.25, -0.2) is 33.6 Å². The van der Waals surface area contributed by atoms with Crippen molar-refractivity contribution in [2.45, 2.75) is 107 Å². The zero-order valence-electron chi connectivity index (χ0n) is 46.1. The molecule has 84 heavy (non-hydrogen) atoms. The van der Waals surface area contributed by atoms with Crippen molar-refractivity contribution in [2.75, 3.05) is 19.8 Å². The molecule has 1 N–H and O–H groups in total. The van der Waals surface area contributed by atoms with Gasteiger partial charge in [0.1, 0.15) is 25.4 Å². The minimum absolute atomic E-state index is 0.0199. The summed E-state index contributed by atoms with van der Waals surface area (Å²) in [5, 5.41) is 2.67. The highest BCUT2D eigenvalue weighted by Gasteiger charge is 2.58. The maximum Gasteiger partial charge on any atom is 0.407 e. The number of ether oxygens (including phenoxy) is 11. The van der Waals surface area contributed by atoms with Crippen molar-refractivity contribution in [3.8, 4) is 0 Å². The van der Waals surface area contributed by atoms with Gasteiger partial charge < -0.3 is 57.4 Å². The van der Waals surface area contributed by atoms with Crippen molar-refractivity contribution >= 4 is 65.1 Å². The Labute approximate surface area is 494 Å². The van der Waals surface area contributed by atoms with Gasteiger partial charge in [0.25, 0.3) is 0 Å². The normalized spacial score (nSPS) is 21.9. The molecule has 2 aliphatic rings. The number of rotatable bonds is 22. The van der Waals surface area contributed by atoms with Crippen LogP contribution in [0.15, 0.2) is 164 Å². The molecule has 0 radical (unpaired) electrons. The van der Waals surface area contributed by atoms with Gasteiger partial charge in [-0.3, -0.25) is 0 Å². The van der Waals surface area contributed by atoms with Crippen LogP contribution in [0, 0.1) is 20.8 Å². The predicted octanol–water partition coefficient (Wildman–Crippen LogP) is 9.57. The molecule has 0 aromatic heterocycles. The number of alkyl carbamates (subject to hydrolysis) is 1. The van der Waals surface area contributed by atoms with E-state index in [9.17, 15) is 33.6 Å². The molecule has 2 fully saturated rings. The van der Waals surface area contributed by atoms with Crippen LogP contribution in [-0.2, 0) is 63.5 Å². The molecule has 0 unspecified atom stereocenters. The van der Waals surface area contributed by atoms with E-state index in [1.807, 2.05) is 18.2 Å². The third kappa shape index (κ3) is 16.3. The summed E-state index contributed by atoms with van der Waals surface area (Å²) in [4.78, 5) is 96.2. The predicted molar refractivity (Wildman–Crippen MR) is 302 cm³/mol. The van der Waals surface area contributed by atoms with Gasteiger partial charge in [0, 0.05) is 6.54 Å². The summed E-state index contributed by atoms with van der Waals surface area (Å²) in [5.74, 6) is -5.78. The Hall–Kier alpha value is -8.17. The second-order valence-electron chi connectivity index (χ2n) is 19.5. The lowest BCUT2D eigenvalue weighted by molar-refractivity contribution is -0.354. The number of carbonyl (C=O) groups is 7. The molecule has 21 heteroatoms. The molecule has 2 aliphatic heterocycles. The molecule has 6 aromatic rings. The topological polar surface area (TPSA) is 233 Å². The summed E-state index contributed by atoms with van der Waals surface area (Å²) >= 11 is 12.0. The number of hydrogen-bond acceptors (Lipinski definition) is 18. The summed E-state index contributed by atoms with van der Waals surface area (Å²) in [6, 6.07) is 44.3. The van der Waals surface area contributed by atoms with Crippen LogP contribution in [0.25, 0.3) is 0 Å². The first-order valence-corrected chi connectivity index (χ1v) is 27.7. The van der Waals surface area contributed by atoms with E-state index < -0.39 is 115 Å². The lowest BCUT2D eigenvalue weighted by atomic mass is 9.95. The molecule has 8 rings (SSSR count). The van der Waals surface area contributed by atoms with E-state index >= 15 is 0 Å². The average molecular weight is 1190 g/mol. The Morgan fingerprint density at radius 1 is 0.488 bits per heavy atom. The average Bonchev–Trinajstić information content (AvgIpc) is 1.45. The Kier molecular flexibility index (Phi) is 22.0. The largest absolute Gasteiger partial charge is 0.459 e. The highest BCUT2D eigenvalue weighted by atomic mass is 35.5. The first kappa shape index (κ1) is 61.9. The van der Waals surface area contributed by atoms with E-state index in [1.54, 1.807) is 130 Å². The summed E-state index contributed by atoms with van der Waals surface area (Å²) in [7, 11) is 0. The quantitative estimate of drug-likeness (QED) is 0.0288. The molecule has 2 heterocycles. The number of carbonyl (C=O) groups excluding carboxylic acids is 7. The van der Waals surface area contributed by atoms with Crippen molar-refractivity contribution in [1.82, 2.24) is 5.32 Å². The Bertz CT molecular complexity index is 3220. The lowest BCUT2D eigenvalue weighted by Crippen LogP contribution is -2.67. The van der Waals surface area contributed by atoms with Gasteiger partial charge in [0.05, 0.1) is 40.5 Å². The molecule has 19 nitrogen and oxygen atoms in total. The summed E-state index contributed by atoms with van der Waals surface area (Å²) < 4.78 is 68.9. The molecule has 0 bridgehead atoms. The van der Waals surface area contributed by atoms with Crippen LogP contribution in [0.4, 0.5) is 4.79 Å². The van der Waals surface area contributed by atoms with E-state index in [0.717, 1.165) is 5.56 Å². The van der Waals surface area contributed by atoms with Crippen LogP contribution in [-0.4, -0.2) is 128 Å². The fourth-order valence-electron chi connectivity index (χ4n) is 9.20. The van der Waals surface area contributed by atoms with Crippen LogP contribution in [0.5, 0.6) is 0 Å². The molecule has 2 saturated heterocycles.